The van der Waals surface area contributed by atoms with Gasteiger partial charge in [-0.1, -0.05) is 30.7 Å². The first-order valence-corrected chi connectivity index (χ1v) is 17.4. The standard InChI is InChI=1S/C38H53N5O7/c1-23-25-14-10-11-15-26(25)40-27(23)21-38-22-42(29(37(38,8)48)20-24-16-17-28(44)31(45)30(24)38)18-12-9-13-19-43(34(47)50-36(5,6)7)32(39)41-33(46)49-35(2,3)4/h10-11,14-17,29,40,44-45,48H,9,12-13,18-22H2,1-8H3,(H2,39,41,46). The van der Waals surface area contributed by atoms with Crippen LogP contribution in [0.15, 0.2) is 41.4 Å². The number of aromatic amines is 1. The number of nitrogens with two attached hydrogens (primary N) is 1. The average Bonchev–Trinajstić information content (AvgIpc) is 3.33. The topological polar surface area (TPSA) is 174 Å². The Morgan fingerprint density at radius 1 is 1.04 bits per heavy atom. The second kappa shape index (κ2) is 13.4. The number of hydrogen-bond acceptors (Lipinski definition) is 8. The molecule has 3 aromatic rings. The molecule has 50 heavy (non-hydrogen) atoms. The molecule has 0 radical (unpaired) electrons. The highest BCUT2D eigenvalue weighted by molar-refractivity contribution is 5.98. The molecule has 2 aliphatic rings. The fourth-order valence-electron chi connectivity index (χ4n) is 7.68. The first-order valence-electron chi connectivity index (χ1n) is 17.4. The molecule has 12 heteroatoms. The molecule has 12 nitrogen and oxygen atoms in total. The van der Waals surface area contributed by atoms with Crippen molar-refractivity contribution in [2.75, 3.05) is 19.6 Å². The van der Waals surface area contributed by atoms with Crippen molar-refractivity contribution in [1.29, 1.82) is 0 Å². The summed E-state index contributed by atoms with van der Waals surface area (Å²) < 4.78 is 10.8. The number of benzene rings is 2. The number of unbranched alkanes of at least 4 members (excludes halogenated alkanes) is 2. The minimum absolute atomic E-state index is 0.176. The van der Waals surface area contributed by atoms with Crippen LogP contribution in [-0.2, 0) is 27.7 Å². The molecule has 2 aromatic carbocycles. The summed E-state index contributed by atoms with van der Waals surface area (Å²) in [5.74, 6) is -0.675. The van der Waals surface area contributed by atoms with Crippen molar-refractivity contribution < 1.29 is 34.4 Å². The van der Waals surface area contributed by atoms with Gasteiger partial charge < -0.3 is 35.5 Å². The first-order chi connectivity index (χ1) is 23.2. The Balaban J connectivity index is 1.33. The number of nitrogens with zero attached hydrogens (tertiary/aromatic N) is 3. The smallest absolute Gasteiger partial charge is 0.437 e. The minimum Gasteiger partial charge on any atom is -0.504 e. The molecule has 6 N–H and O–H groups in total. The molecule has 1 aromatic heterocycles. The molecule has 3 atom stereocenters. The molecule has 2 heterocycles. The summed E-state index contributed by atoms with van der Waals surface area (Å²) >= 11 is 0. The van der Waals surface area contributed by atoms with Crippen LogP contribution in [0.25, 0.3) is 10.9 Å². The maximum atomic E-state index is 13.1. The molecular formula is C38H53N5O7. The second-order valence-electron chi connectivity index (χ2n) is 16.0. The van der Waals surface area contributed by atoms with Crippen molar-refractivity contribution in [3.05, 3.63) is 58.8 Å². The summed E-state index contributed by atoms with van der Waals surface area (Å²) in [7, 11) is 0. The molecule has 1 aliphatic carbocycles. The van der Waals surface area contributed by atoms with Gasteiger partial charge in [-0.05, 0) is 104 Å². The van der Waals surface area contributed by atoms with E-state index < -0.39 is 34.4 Å². The highest BCUT2D eigenvalue weighted by atomic mass is 16.6. The third-order valence-electron chi connectivity index (χ3n) is 10.0. The van der Waals surface area contributed by atoms with E-state index in [1.807, 2.05) is 31.2 Å². The summed E-state index contributed by atoms with van der Waals surface area (Å²) in [5.41, 5.74) is 7.06. The SMILES string of the molecule is Cc1c(CC23CN(CCCCCN(C(=O)OC(C)(C)C)/C(N)=N/C(=O)OC(C)(C)C)C(Cc4ccc(O)c(O)c42)C3(C)O)[nH]c2ccccc12. The number of amides is 2. The van der Waals surface area contributed by atoms with Gasteiger partial charge in [0.2, 0.25) is 5.96 Å². The lowest BCUT2D eigenvalue weighted by atomic mass is 9.59. The van der Waals surface area contributed by atoms with Crippen LogP contribution in [0.3, 0.4) is 0 Å². The summed E-state index contributed by atoms with van der Waals surface area (Å²) in [6.45, 7) is 15.6. The molecule has 2 amide bonds. The van der Waals surface area contributed by atoms with Crippen LogP contribution >= 0.6 is 0 Å². The Hall–Kier alpha value is -4.29. The van der Waals surface area contributed by atoms with E-state index in [0.29, 0.717) is 44.3 Å². The van der Waals surface area contributed by atoms with Gasteiger partial charge in [0.25, 0.3) is 0 Å². The molecule has 2 bridgehead atoms. The van der Waals surface area contributed by atoms with Crippen LogP contribution in [0.2, 0.25) is 0 Å². The minimum atomic E-state index is -1.23. The number of H-pyrrole nitrogens is 1. The first kappa shape index (κ1) is 37.0. The molecule has 3 unspecified atom stereocenters. The number of para-hydroxylation sites is 1. The Morgan fingerprint density at radius 2 is 1.72 bits per heavy atom. The lowest BCUT2D eigenvalue weighted by molar-refractivity contribution is -0.0326. The van der Waals surface area contributed by atoms with E-state index in [1.54, 1.807) is 41.5 Å². The van der Waals surface area contributed by atoms with Crippen molar-refractivity contribution in [2.24, 2.45) is 10.7 Å². The van der Waals surface area contributed by atoms with Crippen molar-refractivity contribution in [3.8, 4) is 11.5 Å². The number of guanidine groups is 1. The Bertz CT molecular complexity index is 1780. The maximum Gasteiger partial charge on any atom is 0.437 e. The van der Waals surface area contributed by atoms with E-state index in [2.05, 4.69) is 27.9 Å². The van der Waals surface area contributed by atoms with Gasteiger partial charge in [-0.15, -0.1) is 4.99 Å². The Morgan fingerprint density at radius 3 is 2.38 bits per heavy atom. The third kappa shape index (κ3) is 7.27. The van der Waals surface area contributed by atoms with Gasteiger partial charge in [0.15, 0.2) is 11.5 Å². The number of aliphatic hydroxyl groups is 1. The predicted molar refractivity (Wildman–Crippen MR) is 193 cm³/mol. The summed E-state index contributed by atoms with van der Waals surface area (Å²) in [4.78, 5) is 36.2. The Labute approximate surface area is 294 Å². The van der Waals surface area contributed by atoms with E-state index in [0.717, 1.165) is 39.0 Å². The zero-order valence-corrected chi connectivity index (χ0v) is 30.6. The van der Waals surface area contributed by atoms with Crippen molar-refractivity contribution in [2.45, 2.75) is 116 Å². The normalized spacial score (nSPS) is 22.4. The number of carbonyl (C=O) groups is 2. The number of nitrogens with one attached hydrogen (secondary N) is 1. The molecule has 1 fully saturated rings. The largest absolute Gasteiger partial charge is 0.504 e. The van der Waals surface area contributed by atoms with Gasteiger partial charge in [-0.25, -0.2) is 14.5 Å². The number of carbonyl (C=O) groups excluding carboxylic acids is 2. The monoisotopic (exact) mass is 691 g/mol. The lowest BCUT2D eigenvalue weighted by Crippen LogP contribution is -2.57. The summed E-state index contributed by atoms with van der Waals surface area (Å²) in [6.07, 6.45) is 1.36. The van der Waals surface area contributed by atoms with E-state index in [9.17, 15) is 24.9 Å². The van der Waals surface area contributed by atoms with E-state index in [4.69, 9.17) is 15.2 Å². The van der Waals surface area contributed by atoms with Crippen molar-refractivity contribution in [3.63, 3.8) is 0 Å². The number of aromatic hydroxyl groups is 2. The van der Waals surface area contributed by atoms with Gasteiger partial charge in [0.05, 0.1) is 5.60 Å². The molecule has 0 saturated carbocycles. The number of rotatable bonds is 8. The molecule has 0 spiro atoms. The molecule has 1 saturated heterocycles. The number of fused-ring (bicyclic) bond motifs is 5. The van der Waals surface area contributed by atoms with Crippen LogP contribution in [0, 0.1) is 6.92 Å². The van der Waals surface area contributed by atoms with Gasteiger partial charge in [-0.3, -0.25) is 4.90 Å². The highest BCUT2D eigenvalue weighted by Gasteiger charge is 2.64. The third-order valence-corrected chi connectivity index (χ3v) is 10.0. The fourth-order valence-corrected chi connectivity index (χ4v) is 7.68. The Kier molecular flexibility index (Phi) is 9.94. The second-order valence-corrected chi connectivity index (χ2v) is 16.0. The van der Waals surface area contributed by atoms with E-state index in [1.165, 1.54) is 6.07 Å². The molecular weight excluding hydrogens is 638 g/mol. The van der Waals surface area contributed by atoms with Gasteiger partial charge >= 0.3 is 12.2 Å². The number of phenolic OH excluding ortho intramolecular Hbond substituents is 2. The number of likely N-dealkylation sites (tertiary alicyclic amines) is 1. The molecule has 272 valence electrons. The van der Waals surface area contributed by atoms with E-state index in [-0.39, 0.29) is 30.0 Å². The van der Waals surface area contributed by atoms with Gasteiger partial charge in [-0.2, -0.15) is 0 Å². The zero-order valence-electron chi connectivity index (χ0n) is 30.6. The number of aryl methyl sites for hydroxylation is 1. The number of ether oxygens (including phenoxy) is 2. The van der Waals surface area contributed by atoms with Crippen molar-refractivity contribution in [1.82, 2.24) is 14.8 Å². The zero-order chi connectivity index (χ0) is 36.8. The van der Waals surface area contributed by atoms with E-state index >= 15 is 0 Å². The van der Waals surface area contributed by atoms with Crippen LogP contribution in [0.1, 0.15) is 90.1 Å². The molecule has 5 rings (SSSR count). The van der Waals surface area contributed by atoms with Crippen LogP contribution < -0.4 is 5.73 Å². The number of hydrogen-bond donors (Lipinski definition) is 5. The van der Waals surface area contributed by atoms with Crippen LogP contribution in [-0.4, -0.2) is 90.7 Å². The van der Waals surface area contributed by atoms with Crippen LogP contribution in [0.5, 0.6) is 11.5 Å². The quantitative estimate of drug-likeness (QED) is 0.0820. The number of aromatic nitrogens is 1. The van der Waals surface area contributed by atoms with Gasteiger partial charge in [0, 0.05) is 53.1 Å². The summed E-state index contributed by atoms with van der Waals surface area (Å²) in [5, 5.41) is 35.5. The van der Waals surface area contributed by atoms with Crippen LogP contribution in [0.4, 0.5) is 9.59 Å². The molecule has 1 aliphatic heterocycles. The fraction of sp³-hybridized carbons (Fsp3) is 0.553. The lowest BCUT2D eigenvalue weighted by Gasteiger charge is -2.47. The van der Waals surface area contributed by atoms with Gasteiger partial charge in [0.1, 0.15) is 11.2 Å². The number of phenols is 2. The predicted octanol–water partition coefficient (Wildman–Crippen LogP) is 6.02. The summed E-state index contributed by atoms with van der Waals surface area (Å²) in [6, 6.07) is 11.2. The average molecular weight is 692 g/mol. The van der Waals surface area contributed by atoms with Crippen molar-refractivity contribution >= 4 is 29.0 Å². The maximum absolute atomic E-state index is 13.1. The number of aliphatic imine (C=N–C) groups is 1. The highest BCUT2D eigenvalue weighted by Crippen LogP contribution is 2.57.